The van der Waals surface area contributed by atoms with E-state index in [0.29, 0.717) is 32.1 Å². The smallest absolute Gasteiger partial charge is 0.422 e. The summed E-state index contributed by atoms with van der Waals surface area (Å²) in [5, 5.41) is 2.40. The Morgan fingerprint density at radius 3 is 2.32 bits per heavy atom. The lowest BCUT2D eigenvalue weighted by atomic mass is 9.93. The van der Waals surface area contributed by atoms with Gasteiger partial charge in [0, 0.05) is 6.04 Å². The fourth-order valence-corrected chi connectivity index (χ4v) is 2.13. The van der Waals surface area contributed by atoms with E-state index in [1.165, 1.54) is 0 Å². The second-order valence-corrected chi connectivity index (χ2v) is 5.56. The van der Waals surface area contributed by atoms with Crippen molar-refractivity contribution in [3.05, 3.63) is 0 Å². The summed E-state index contributed by atoms with van der Waals surface area (Å²) in [6.45, 7) is 2.10. The monoisotopic (exact) mass is 325 g/mol. The molecule has 1 saturated carbocycles. The Labute approximate surface area is 127 Å². The first-order valence-electron chi connectivity index (χ1n) is 7.41. The quantitative estimate of drug-likeness (QED) is 0.789. The van der Waals surface area contributed by atoms with Crippen LogP contribution in [0.5, 0.6) is 0 Å². The summed E-state index contributed by atoms with van der Waals surface area (Å²) in [4.78, 5) is 22.9. The van der Waals surface area contributed by atoms with Crippen molar-refractivity contribution in [1.29, 1.82) is 0 Å². The van der Waals surface area contributed by atoms with Crippen molar-refractivity contribution in [3.63, 3.8) is 0 Å². The van der Waals surface area contributed by atoms with Crippen LogP contribution in [-0.2, 0) is 14.3 Å². The van der Waals surface area contributed by atoms with Crippen LogP contribution in [0, 0.1) is 5.92 Å². The van der Waals surface area contributed by atoms with Gasteiger partial charge < -0.3 is 14.8 Å². The van der Waals surface area contributed by atoms with E-state index in [0.717, 1.165) is 0 Å². The molecule has 5 nitrogen and oxygen atoms in total. The number of alkyl halides is 3. The van der Waals surface area contributed by atoms with Crippen molar-refractivity contribution < 1.29 is 32.2 Å². The maximum atomic E-state index is 11.9. The van der Waals surface area contributed by atoms with Gasteiger partial charge in [-0.3, -0.25) is 4.79 Å². The van der Waals surface area contributed by atoms with E-state index in [2.05, 4.69) is 10.1 Å². The lowest BCUT2D eigenvalue weighted by Crippen LogP contribution is -2.40. The summed E-state index contributed by atoms with van der Waals surface area (Å²) in [6, 6.07) is -0.251. The Morgan fingerprint density at radius 2 is 1.82 bits per heavy atom. The first-order chi connectivity index (χ1) is 10.2. The molecule has 0 aromatic rings. The van der Waals surface area contributed by atoms with Crippen LogP contribution >= 0.6 is 0 Å². The second kappa shape index (κ2) is 8.24. The van der Waals surface area contributed by atoms with Crippen molar-refractivity contribution in [1.82, 2.24) is 5.32 Å². The number of halogens is 3. The second-order valence-electron chi connectivity index (χ2n) is 5.56. The number of nitrogens with one attached hydrogen (secondary N) is 1. The molecule has 8 heteroatoms. The van der Waals surface area contributed by atoms with E-state index in [9.17, 15) is 22.8 Å². The molecular weight excluding hydrogens is 303 g/mol. The SMILES string of the molecule is CC[C@@H](C)C(=O)OC1CCC(NC(=O)OCC(F)(F)F)CC1. The molecule has 0 spiro atoms. The molecule has 0 unspecified atom stereocenters. The lowest BCUT2D eigenvalue weighted by molar-refractivity contribution is -0.160. The number of hydrogen-bond donors (Lipinski definition) is 1. The van der Waals surface area contributed by atoms with Crippen LogP contribution in [0.2, 0.25) is 0 Å². The molecule has 128 valence electrons. The van der Waals surface area contributed by atoms with E-state index >= 15 is 0 Å². The Kier molecular flexibility index (Phi) is 6.96. The minimum absolute atomic E-state index is 0.145. The number of esters is 1. The molecule has 0 bridgehead atoms. The zero-order valence-electron chi connectivity index (χ0n) is 12.7. The molecule has 0 saturated heterocycles. The molecule has 1 rings (SSSR count). The maximum absolute atomic E-state index is 11.9. The van der Waals surface area contributed by atoms with E-state index in [-0.39, 0.29) is 24.0 Å². The van der Waals surface area contributed by atoms with Crippen molar-refractivity contribution in [3.8, 4) is 0 Å². The van der Waals surface area contributed by atoms with Crippen LogP contribution < -0.4 is 5.32 Å². The topological polar surface area (TPSA) is 64.6 Å². The molecule has 0 aromatic carbocycles. The molecule has 22 heavy (non-hydrogen) atoms. The van der Waals surface area contributed by atoms with Gasteiger partial charge in [-0.1, -0.05) is 13.8 Å². The molecule has 1 aliphatic carbocycles. The molecule has 0 aromatic heterocycles. The molecule has 1 atom stereocenters. The Bertz CT molecular complexity index is 379. The standard InChI is InChI=1S/C14H22F3NO4/c1-3-9(2)12(19)22-11-6-4-10(5-7-11)18-13(20)21-8-14(15,16)17/h9-11H,3-8H2,1-2H3,(H,18,20)/t9-,10?,11?/m1/s1. The fraction of sp³-hybridized carbons (Fsp3) is 0.857. The molecule has 0 heterocycles. The van der Waals surface area contributed by atoms with Gasteiger partial charge in [0.2, 0.25) is 0 Å². The number of rotatable bonds is 5. The van der Waals surface area contributed by atoms with Crippen LogP contribution in [0.4, 0.5) is 18.0 Å². The maximum Gasteiger partial charge on any atom is 0.422 e. The third-order valence-electron chi connectivity index (χ3n) is 3.66. The molecule has 1 N–H and O–H groups in total. The third kappa shape index (κ3) is 7.00. The van der Waals surface area contributed by atoms with Crippen LogP contribution in [0.1, 0.15) is 46.0 Å². The van der Waals surface area contributed by atoms with Gasteiger partial charge in [0.25, 0.3) is 0 Å². The van der Waals surface area contributed by atoms with Crippen LogP contribution in [0.25, 0.3) is 0 Å². The van der Waals surface area contributed by atoms with Crippen LogP contribution in [0.15, 0.2) is 0 Å². The average molecular weight is 325 g/mol. The van der Waals surface area contributed by atoms with Crippen molar-refractivity contribution in [2.24, 2.45) is 5.92 Å². The van der Waals surface area contributed by atoms with Gasteiger partial charge in [0.05, 0.1) is 5.92 Å². The number of hydrogen-bond acceptors (Lipinski definition) is 4. The zero-order valence-corrected chi connectivity index (χ0v) is 12.7. The average Bonchev–Trinajstić information content (AvgIpc) is 2.45. The number of alkyl carbamates (subject to hydrolysis) is 1. The van der Waals surface area contributed by atoms with Crippen molar-refractivity contribution in [2.75, 3.05) is 6.61 Å². The molecule has 0 radical (unpaired) electrons. The molecular formula is C14H22F3NO4. The lowest BCUT2D eigenvalue weighted by Gasteiger charge is -2.29. The first-order valence-corrected chi connectivity index (χ1v) is 7.41. The summed E-state index contributed by atoms with van der Waals surface area (Å²) >= 11 is 0. The minimum atomic E-state index is -4.53. The normalized spacial score (nSPS) is 23.5. The predicted molar refractivity (Wildman–Crippen MR) is 72.1 cm³/mol. The summed E-state index contributed by atoms with van der Waals surface area (Å²) in [5.74, 6) is -0.378. The fourth-order valence-electron chi connectivity index (χ4n) is 2.13. The van der Waals surface area contributed by atoms with Crippen LogP contribution in [0.3, 0.4) is 0 Å². The number of carbonyl (C=O) groups excluding carboxylic acids is 2. The third-order valence-corrected chi connectivity index (χ3v) is 3.66. The molecule has 0 aliphatic heterocycles. The molecule has 1 fully saturated rings. The summed E-state index contributed by atoms with van der Waals surface area (Å²) in [5.41, 5.74) is 0. The molecule has 1 aliphatic rings. The summed E-state index contributed by atoms with van der Waals surface area (Å²) in [6.07, 6.45) is -2.85. The van der Waals surface area contributed by atoms with Gasteiger partial charge in [0.15, 0.2) is 6.61 Å². The number of carbonyl (C=O) groups is 2. The summed E-state index contributed by atoms with van der Waals surface area (Å²) in [7, 11) is 0. The van der Waals surface area contributed by atoms with Crippen LogP contribution in [-0.4, -0.2) is 37.0 Å². The van der Waals surface area contributed by atoms with Gasteiger partial charge in [-0.15, -0.1) is 0 Å². The highest BCUT2D eigenvalue weighted by atomic mass is 19.4. The first kappa shape index (κ1) is 18.6. The largest absolute Gasteiger partial charge is 0.462 e. The minimum Gasteiger partial charge on any atom is -0.462 e. The zero-order chi connectivity index (χ0) is 16.8. The highest BCUT2D eigenvalue weighted by Crippen LogP contribution is 2.23. The van der Waals surface area contributed by atoms with E-state index in [1.807, 2.05) is 6.92 Å². The van der Waals surface area contributed by atoms with E-state index < -0.39 is 18.9 Å². The summed E-state index contributed by atoms with van der Waals surface area (Å²) < 4.78 is 45.2. The Balaban J connectivity index is 2.25. The van der Waals surface area contributed by atoms with Crippen molar-refractivity contribution in [2.45, 2.75) is 64.3 Å². The van der Waals surface area contributed by atoms with Gasteiger partial charge >= 0.3 is 18.2 Å². The molecule has 1 amide bonds. The van der Waals surface area contributed by atoms with Gasteiger partial charge in [-0.05, 0) is 32.1 Å². The van der Waals surface area contributed by atoms with E-state index in [1.54, 1.807) is 6.92 Å². The van der Waals surface area contributed by atoms with Gasteiger partial charge in [0.1, 0.15) is 6.10 Å². The predicted octanol–water partition coefficient (Wildman–Crippen LogP) is 3.18. The van der Waals surface area contributed by atoms with E-state index in [4.69, 9.17) is 4.74 Å². The number of ether oxygens (including phenoxy) is 2. The van der Waals surface area contributed by atoms with Gasteiger partial charge in [-0.2, -0.15) is 13.2 Å². The number of amides is 1. The highest BCUT2D eigenvalue weighted by molar-refractivity contribution is 5.72. The Morgan fingerprint density at radius 1 is 1.23 bits per heavy atom. The Hall–Kier alpha value is -1.47. The van der Waals surface area contributed by atoms with Crippen molar-refractivity contribution >= 4 is 12.1 Å². The van der Waals surface area contributed by atoms with Gasteiger partial charge in [-0.25, -0.2) is 4.79 Å². The highest BCUT2D eigenvalue weighted by Gasteiger charge is 2.31.